The van der Waals surface area contributed by atoms with Crippen LogP contribution in [0.5, 0.6) is 0 Å². The Balaban J connectivity index is 4.51. The van der Waals surface area contributed by atoms with Crippen LogP contribution in [0.2, 0.25) is 0 Å². The lowest BCUT2D eigenvalue weighted by molar-refractivity contribution is 0.526. The summed E-state index contributed by atoms with van der Waals surface area (Å²) in [5, 5.41) is 0. The summed E-state index contributed by atoms with van der Waals surface area (Å²) in [6.07, 6.45) is 1.55. The monoisotopic (exact) mass is 151 g/mol. The minimum atomic E-state index is 0.108. The Morgan fingerprint density at radius 3 is 2.09 bits per heavy atom. The van der Waals surface area contributed by atoms with Gasteiger partial charge in [0.2, 0.25) is 0 Å². The molecule has 0 aliphatic carbocycles. The summed E-state index contributed by atoms with van der Waals surface area (Å²) in [6.45, 7) is 15.8. The number of allylic oxidation sites excluding steroid dienone is 1. The van der Waals surface area contributed by atoms with E-state index >= 15 is 0 Å². The van der Waals surface area contributed by atoms with E-state index in [1.807, 2.05) is 6.92 Å². The Labute approximate surface area is 69.5 Å². The molecule has 0 heterocycles. The molecule has 0 aliphatic heterocycles. The molecule has 0 N–H and O–H groups in total. The summed E-state index contributed by atoms with van der Waals surface area (Å²) in [7, 11) is 0. The molecule has 0 saturated carbocycles. The summed E-state index contributed by atoms with van der Waals surface area (Å²) in [5.74, 6) is 0. The fourth-order valence-electron chi connectivity index (χ4n) is 0.758. The van der Waals surface area contributed by atoms with Crippen LogP contribution >= 0.6 is 0 Å². The van der Waals surface area contributed by atoms with E-state index in [0.717, 1.165) is 11.3 Å². The van der Waals surface area contributed by atoms with Gasteiger partial charge in [-0.25, -0.2) is 0 Å². The summed E-state index contributed by atoms with van der Waals surface area (Å²) in [4.78, 5) is 4.07. The third kappa shape index (κ3) is 3.17. The van der Waals surface area contributed by atoms with Gasteiger partial charge in [-0.1, -0.05) is 33.9 Å². The zero-order valence-electron chi connectivity index (χ0n) is 7.94. The lowest BCUT2D eigenvalue weighted by Crippen LogP contribution is -2.14. The van der Waals surface area contributed by atoms with Crippen LogP contribution in [0.4, 0.5) is 0 Å². The quantitative estimate of drug-likeness (QED) is 0.537. The fraction of sp³-hybridized carbons (Fsp3) is 0.500. The zero-order chi connectivity index (χ0) is 9.07. The summed E-state index contributed by atoms with van der Waals surface area (Å²) in [5.41, 5.74) is 2.14. The first kappa shape index (κ1) is 10.2. The molecule has 0 aromatic rings. The highest BCUT2D eigenvalue weighted by Crippen LogP contribution is 2.24. The number of rotatable bonds is 2. The topological polar surface area (TPSA) is 12.4 Å². The maximum atomic E-state index is 4.07. The van der Waals surface area contributed by atoms with Crippen molar-refractivity contribution in [3.05, 3.63) is 24.9 Å². The molecule has 0 rings (SSSR count). The van der Waals surface area contributed by atoms with Crippen molar-refractivity contribution in [3.8, 4) is 0 Å². The van der Waals surface area contributed by atoms with E-state index in [1.54, 1.807) is 6.20 Å². The van der Waals surface area contributed by atoms with Gasteiger partial charge in [0, 0.05) is 11.9 Å². The highest BCUT2D eigenvalue weighted by atomic mass is 14.7. The molecule has 0 unspecified atom stereocenters. The second kappa shape index (κ2) is 3.51. The first-order valence-corrected chi connectivity index (χ1v) is 3.74. The van der Waals surface area contributed by atoms with Crippen LogP contribution in [0.3, 0.4) is 0 Å². The second-order valence-electron chi connectivity index (χ2n) is 3.63. The number of nitrogens with zero attached hydrogens (tertiary/aromatic N) is 1. The third-order valence-corrected chi connectivity index (χ3v) is 1.63. The van der Waals surface area contributed by atoms with Crippen molar-refractivity contribution in [2.75, 3.05) is 0 Å². The number of hydrogen-bond acceptors (Lipinski definition) is 1. The van der Waals surface area contributed by atoms with Gasteiger partial charge in [0.1, 0.15) is 0 Å². The van der Waals surface area contributed by atoms with Crippen LogP contribution in [0.25, 0.3) is 0 Å². The largest absolute Gasteiger partial charge is 0.262 e. The SMILES string of the molecule is C=CN=C(C)C(=C)C(C)(C)C. The minimum Gasteiger partial charge on any atom is -0.262 e. The first-order chi connectivity index (χ1) is 4.89. The van der Waals surface area contributed by atoms with Crippen LogP contribution in [-0.4, -0.2) is 5.71 Å². The minimum absolute atomic E-state index is 0.108. The van der Waals surface area contributed by atoms with E-state index in [0.29, 0.717) is 0 Å². The Hall–Kier alpha value is -0.850. The third-order valence-electron chi connectivity index (χ3n) is 1.63. The molecule has 0 aromatic carbocycles. The van der Waals surface area contributed by atoms with E-state index in [2.05, 4.69) is 38.9 Å². The Kier molecular flexibility index (Phi) is 3.24. The van der Waals surface area contributed by atoms with Crippen molar-refractivity contribution in [2.45, 2.75) is 27.7 Å². The Bertz CT molecular complexity index is 191. The molecular weight excluding hydrogens is 134 g/mol. The van der Waals surface area contributed by atoms with E-state index in [1.165, 1.54) is 0 Å². The van der Waals surface area contributed by atoms with Crippen molar-refractivity contribution in [1.82, 2.24) is 0 Å². The Morgan fingerprint density at radius 1 is 1.36 bits per heavy atom. The zero-order valence-corrected chi connectivity index (χ0v) is 7.94. The van der Waals surface area contributed by atoms with E-state index in [9.17, 15) is 0 Å². The van der Waals surface area contributed by atoms with Crippen molar-refractivity contribution >= 4 is 5.71 Å². The molecule has 0 aromatic heterocycles. The molecule has 0 fully saturated rings. The summed E-state index contributed by atoms with van der Waals surface area (Å²) < 4.78 is 0. The molecule has 0 saturated heterocycles. The molecule has 0 spiro atoms. The van der Waals surface area contributed by atoms with Crippen LogP contribution in [0.15, 0.2) is 29.9 Å². The Morgan fingerprint density at radius 2 is 1.82 bits per heavy atom. The van der Waals surface area contributed by atoms with Gasteiger partial charge in [-0.05, 0) is 17.9 Å². The molecule has 1 nitrogen and oxygen atoms in total. The predicted octanol–water partition coefficient (Wildman–Crippen LogP) is 3.19. The maximum Gasteiger partial charge on any atom is 0.0403 e. The van der Waals surface area contributed by atoms with Crippen molar-refractivity contribution in [3.63, 3.8) is 0 Å². The average molecular weight is 151 g/mol. The molecule has 62 valence electrons. The van der Waals surface area contributed by atoms with Crippen molar-refractivity contribution in [2.24, 2.45) is 10.4 Å². The second-order valence-corrected chi connectivity index (χ2v) is 3.63. The molecule has 0 amide bonds. The van der Waals surface area contributed by atoms with Gasteiger partial charge in [0.25, 0.3) is 0 Å². The molecule has 1 heteroatoms. The molecule has 11 heavy (non-hydrogen) atoms. The highest BCUT2D eigenvalue weighted by molar-refractivity contribution is 5.98. The summed E-state index contributed by atoms with van der Waals surface area (Å²) in [6, 6.07) is 0. The van der Waals surface area contributed by atoms with E-state index in [-0.39, 0.29) is 5.41 Å². The van der Waals surface area contributed by atoms with Crippen molar-refractivity contribution in [1.29, 1.82) is 0 Å². The highest BCUT2D eigenvalue weighted by Gasteiger charge is 2.16. The predicted molar refractivity (Wildman–Crippen MR) is 51.9 cm³/mol. The molecule has 0 radical (unpaired) electrons. The lowest BCUT2D eigenvalue weighted by Gasteiger charge is -2.21. The number of aliphatic imine (C=N–C) groups is 1. The lowest BCUT2D eigenvalue weighted by atomic mass is 9.85. The maximum absolute atomic E-state index is 4.07. The van der Waals surface area contributed by atoms with Gasteiger partial charge in [0.05, 0.1) is 0 Å². The van der Waals surface area contributed by atoms with Crippen molar-refractivity contribution < 1.29 is 0 Å². The van der Waals surface area contributed by atoms with Gasteiger partial charge < -0.3 is 0 Å². The molecule has 0 bridgehead atoms. The van der Waals surface area contributed by atoms with Crippen LogP contribution < -0.4 is 0 Å². The summed E-state index contributed by atoms with van der Waals surface area (Å²) >= 11 is 0. The molecule has 0 atom stereocenters. The first-order valence-electron chi connectivity index (χ1n) is 3.74. The normalized spacial score (nSPS) is 12.9. The number of hydrogen-bond donors (Lipinski definition) is 0. The smallest absolute Gasteiger partial charge is 0.0403 e. The van der Waals surface area contributed by atoms with E-state index in [4.69, 9.17) is 0 Å². The average Bonchev–Trinajstić information content (AvgIpc) is 1.85. The van der Waals surface area contributed by atoms with Gasteiger partial charge in [-0.3, -0.25) is 4.99 Å². The van der Waals surface area contributed by atoms with Crippen LogP contribution in [0, 0.1) is 5.41 Å². The van der Waals surface area contributed by atoms with Gasteiger partial charge in [0.15, 0.2) is 0 Å². The molecular formula is C10H17N. The van der Waals surface area contributed by atoms with Crippen LogP contribution in [-0.2, 0) is 0 Å². The van der Waals surface area contributed by atoms with Gasteiger partial charge in [-0.15, -0.1) is 0 Å². The fourth-order valence-corrected chi connectivity index (χ4v) is 0.758. The van der Waals surface area contributed by atoms with Gasteiger partial charge >= 0.3 is 0 Å². The van der Waals surface area contributed by atoms with Crippen LogP contribution in [0.1, 0.15) is 27.7 Å². The van der Waals surface area contributed by atoms with Gasteiger partial charge in [-0.2, -0.15) is 0 Å². The standard InChI is InChI=1S/C10H17N/c1-7-11-9(3)8(2)10(4,5)6/h7H,1-2H2,3-6H3. The van der Waals surface area contributed by atoms with E-state index < -0.39 is 0 Å². The molecule has 0 aliphatic rings.